The normalized spacial score (nSPS) is 14.4. The van der Waals surface area contributed by atoms with Crippen molar-refractivity contribution in [2.24, 2.45) is 0 Å². The molecule has 1 aliphatic carbocycles. The molecule has 1 saturated carbocycles. The molecule has 1 aromatic heterocycles. The molecule has 1 aliphatic rings. The van der Waals surface area contributed by atoms with Crippen LogP contribution in [-0.4, -0.2) is 21.1 Å². The van der Waals surface area contributed by atoms with Gasteiger partial charge in [0.25, 0.3) is 5.91 Å². The first-order chi connectivity index (χ1) is 9.22. The van der Waals surface area contributed by atoms with E-state index in [0.717, 1.165) is 28.7 Å². The highest BCUT2D eigenvalue weighted by Gasteiger charge is 2.28. The Morgan fingerprint density at radius 3 is 2.79 bits per heavy atom. The second-order valence-corrected chi connectivity index (χ2v) is 5.54. The number of aromatic nitrogens is 3. The number of hydrogen-bond acceptors (Lipinski definition) is 3. The van der Waals surface area contributed by atoms with Crippen molar-refractivity contribution in [3.8, 4) is 0 Å². The molecule has 5 nitrogen and oxygen atoms in total. The van der Waals surface area contributed by atoms with Gasteiger partial charge in [0.05, 0.1) is 0 Å². The Morgan fingerprint density at radius 2 is 2.11 bits per heavy atom. The first-order valence-corrected chi connectivity index (χ1v) is 6.96. The molecule has 3 rings (SSSR count). The van der Waals surface area contributed by atoms with Gasteiger partial charge < -0.3 is 5.32 Å². The summed E-state index contributed by atoms with van der Waals surface area (Å²) < 4.78 is 1.02. The van der Waals surface area contributed by atoms with Crippen LogP contribution in [0.1, 0.15) is 40.8 Å². The van der Waals surface area contributed by atoms with Gasteiger partial charge in [0.2, 0.25) is 5.82 Å². The molecule has 19 heavy (non-hydrogen) atoms. The Kier molecular flexibility index (Phi) is 3.33. The maximum Gasteiger partial charge on any atom is 0.291 e. The highest BCUT2D eigenvalue weighted by atomic mass is 79.9. The number of amides is 1. The van der Waals surface area contributed by atoms with E-state index in [1.165, 1.54) is 0 Å². The second-order valence-electron chi connectivity index (χ2n) is 4.63. The van der Waals surface area contributed by atoms with E-state index in [4.69, 9.17) is 0 Å². The van der Waals surface area contributed by atoms with Crippen LogP contribution in [0.4, 0.5) is 0 Å². The average Bonchev–Trinajstić information content (AvgIpc) is 3.15. The first kappa shape index (κ1) is 12.3. The lowest BCUT2D eigenvalue weighted by atomic mass is 10.2. The quantitative estimate of drug-likeness (QED) is 0.908. The molecular weight excluding hydrogens is 308 g/mol. The fourth-order valence-electron chi connectivity index (χ4n) is 1.78. The van der Waals surface area contributed by atoms with Gasteiger partial charge in [-0.2, -0.15) is 0 Å². The molecule has 0 radical (unpaired) electrons. The summed E-state index contributed by atoms with van der Waals surface area (Å²) in [4.78, 5) is 16.1. The van der Waals surface area contributed by atoms with Crippen LogP contribution < -0.4 is 5.32 Å². The molecule has 1 amide bonds. The van der Waals surface area contributed by atoms with Gasteiger partial charge in [-0.3, -0.25) is 9.89 Å². The number of benzene rings is 1. The minimum absolute atomic E-state index is 0.221. The minimum atomic E-state index is -0.244. The van der Waals surface area contributed by atoms with Crippen LogP contribution in [-0.2, 0) is 6.54 Å². The monoisotopic (exact) mass is 320 g/mol. The van der Waals surface area contributed by atoms with Crippen LogP contribution in [0.15, 0.2) is 28.7 Å². The maximum absolute atomic E-state index is 11.9. The summed E-state index contributed by atoms with van der Waals surface area (Å²) in [5.41, 5.74) is 1.04. The third-order valence-corrected chi connectivity index (χ3v) is 3.56. The van der Waals surface area contributed by atoms with Gasteiger partial charge in [0, 0.05) is 16.9 Å². The van der Waals surface area contributed by atoms with E-state index in [1.54, 1.807) is 0 Å². The van der Waals surface area contributed by atoms with Crippen LogP contribution in [0.25, 0.3) is 0 Å². The van der Waals surface area contributed by atoms with E-state index in [-0.39, 0.29) is 11.7 Å². The van der Waals surface area contributed by atoms with E-state index in [2.05, 4.69) is 36.4 Å². The zero-order chi connectivity index (χ0) is 13.2. The van der Waals surface area contributed by atoms with Crippen molar-refractivity contribution >= 4 is 21.8 Å². The van der Waals surface area contributed by atoms with E-state index < -0.39 is 0 Å². The van der Waals surface area contributed by atoms with Crippen LogP contribution >= 0.6 is 15.9 Å². The molecule has 0 bridgehead atoms. The van der Waals surface area contributed by atoms with E-state index in [0.29, 0.717) is 12.5 Å². The number of H-pyrrole nitrogens is 1. The smallest absolute Gasteiger partial charge is 0.291 e. The maximum atomic E-state index is 11.9. The number of carbonyl (C=O) groups is 1. The number of halogens is 1. The molecular formula is C13H13BrN4O. The van der Waals surface area contributed by atoms with Crippen LogP contribution in [0.2, 0.25) is 0 Å². The van der Waals surface area contributed by atoms with Gasteiger partial charge in [-0.05, 0) is 30.5 Å². The lowest BCUT2D eigenvalue weighted by Gasteiger charge is -2.02. The standard InChI is InChI=1S/C13H13BrN4O/c14-10-5-1-8(2-6-10)7-15-13(19)12-16-11(17-18-12)9-3-4-9/h1-2,5-6,9H,3-4,7H2,(H,15,19)(H,16,17,18). The zero-order valence-corrected chi connectivity index (χ0v) is 11.8. The number of rotatable bonds is 4. The Morgan fingerprint density at radius 1 is 1.37 bits per heavy atom. The molecule has 0 aliphatic heterocycles. The van der Waals surface area contributed by atoms with E-state index >= 15 is 0 Å². The predicted molar refractivity (Wildman–Crippen MR) is 73.7 cm³/mol. The molecule has 1 aromatic carbocycles. The molecule has 0 spiro atoms. The number of aromatic amines is 1. The molecule has 0 saturated heterocycles. The van der Waals surface area contributed by atoms with Gasteiger partial charge in [0.1, 0.15) is 5.82 Å². The van der Waals surface area contributed by atoms with Gasteiger partial charge >= 0.3 is 0 Å². The Labute approximate surface area is 119 Å². The summed E-state index contributed by atoms with van der Waals surface area (Å²) in [6, 6.07) is 7.80. The second kappa shape index (κ2) is 5.13. The summed E-state index contributed by atoms with van der Waals surface area (Å²) >= 11 is 3.37. The van der Waals surface area contributed by atoms with Crippen LogP contribution in [0.3, 0.4) is 0 Å². The summed E-state index contributed by atoms with van der Waals surface area (Å²) in [5, 5.41) is 9.58. The van der Waals surface area contributed by atoms with Gasteiger partial charge in [-0.15, -0.1) is 5.10 Å². The largest absolute Gasteiger partial charge is 0.345 e. The van der Waals surface area contributed by atoms with Gasteiger partial charge in [-0.1, -0.05) is 28.1 Å². The number of hydrogen-bond donors (Lipinski definition) is 2. The molecule has 1 heterocycles. The third kappa shape index (κ3) is 3.01. The van der Waals surface area contributed by atoms with Crippen LogP contribution in [0, 0.1) is 0 Å². The molecule has 1 fully saturated rings. The van der Waals surface area contributed by atoms with Crippen molar-refractivity contribution < 1.29 is 4.79 Å². The average molecular weight is 321 g/mol. The predicted octanol–water partition coefficient (Wildman–Crippen LogP) is 2.37. The lowest BCUT2D eigenvalue weighted by molar-refractivity contribution is 0.0941. The SMILES string of the molecule is O=C(NCc1ccc(Br)cc1)c1n[nH]c(C2CC2)n1. The molecule has 2 N–H and O–H groups in total. The number of nitrogens with one attached hydrogen (secondary N) is 2. The zero-order valence-electron chi connectivity index (χ0n) is 10.2. The Balaban J connectivity index is 1.59. The van der Waals surface area contributed by atoms with Crippen molar-refractivity contribution in [3.63, 3.8) is 0 Å². The van der Waals surface area contributed by atoms with Gasteiger partial charge in [-0.25, -0.2) is 4.98 Å². The number of nitrogens with zero attached hydrogens (tertiary/aromatic N) is 2. The summed E-state index contributed by atoms with van der Waals surface area (Å²) in [5.74, 6) is 1.28. The summed E-state index contributed by atoms with van der Waals surface area (Å²) in [6.07, 6.45) is 2.27. The molecule has 6 heteroatoms. The van der Waals surface area contributed by atoms with Gasteiger partial charge in [0.15, 0.2) is 0 Å². The Bertz CT molecular complexity index is 589. The van der Waals surface area contributed by atoms with E-state index in [9.17, 15) is 4.79 Å². The van der Waals surface area contributed by atoms with Crippen molar-refractivity contribution in [2.45, 2.75) is 25.3 Å². The van der Waals surface area contributed by atoms with Crippen LogP contribution in [0.5, 0.6) is 0 Å². The topological polar surface area (TPSA) is 70.7 Å². The van der Waals surface area contributed by atoms with Crippen molar-refractivity contribution in [2.75, 3.05) is 0 Å². The fraction of sp³-hybridized carbons (Fsp3) is 0.308. The minimum Gasteiger partial charge on any atom is -0.345 e. The summed E-state index contributed by atoms with van der Waals surface area (Å²) in [7, 11) is 0. The molecule has 0 atom stereocenters. The molecule has 2 aromatic rings. The van der Waals surface area contributed by atoms with Crippen molar-refractivity contribution in [1.82, 2.24) is 20.5 Å². The lowest BCUT2D eigenvalue weighted by Crippen LogP contribution is -2.24. The van der Waals surface area contributed by atoms with Crippen molar-refractivity contribution in [3.05, 3.63) is 46.0 Å². The van der Waals surface area contributed by atoms with Crippen molar-refractivity contribution in [1.29, 1.82) is 0 Å². The molecule has 98 valence electrons. The fourth-order valence-corrected chi connectivity index (χ4v) is 2.04. The highest BCUT2D eigenvalue weighted by molar-refractivity contribution is 9.10. The highest BCUT2D eigenvalue weighted by Crippen LogP contribution is 2.37. The number of carbonyl (C=O) groups excluding carboxylic acids is 1. The Hall–Kier alpha value is -1.69. The summed E-state index contributed by atoms with van der Waals surface area (Å²) in [6.45, 7) is 0.472. The molecule has 0 unspecified atom stereocenters. The third-order valence-electron chi connectivity index (χ3n) is 3.04. The first-order valence-electron chi connectivity index (χ1n) is 6.17. The van der Waals surface area contributed by atoms with E-state index in [1.807, 2.05) is 24.3 Å².